The van der Waals surface area contributed by atoms with Gasteiger partial charge in [-0.05, 0) is 41.5 Å². The molecule has 0 fully saturated rings. The Bertz CT molecular complexity index is 429. The van der Waals surface area contributed by atoms with Gasteiger partial charge >= 0.3 is 0 Å². The van der Waals surface area contributed by atoms with Gasteiger partial charge in [-0.3, -0.25) is 9.48 Å². The van der Waals surface area contributed by atoms with Crippen LogP contribution in [-0.2, 0) is 16.9 Å². The van der Waals surface area contributed by atoms with Gasteiger partial charge in [0.25, 0.3) is 0 Å². The topological polar surface area (TPSA) is 50.2 Å². The zero-order valence-corrected chi connectivity index (χ0v) is 13.6. The molecular formula is C15H28N4O. The lowest BCUT2D eigenvalue weighted by atomic mass is 10.1. The predicted octanol–water partition coefficient (Wildman–Crippen LogP) is 1.98. The van der Waals surface area contributed by atoms with Crippen LogP contribution in [0, 0.1) is 0 Å². The number of carbonyl (C=O) groups is 1. The van der Waals surface area contributed by atoms with E-state index in [1.807, 2.05) is 42.7 Å². The molecule has 0 radical (unpaired) electrons. The molecule has 5 nitrogen and oxygen atoms in total. The molecular weight excluding hydrogens is 252 g/mol. The van der Waals surface area contributed by atoms with Crippen LogP contribution in [0.2, 0.25) is 0 Å². The fourth-order valence-electron chi connectivity index (χ4n) is 1.99. The third-order valence-corrected chi connectivity index (χ3v) is 3.38. The third kappa shape index (κ3) is 4.34. The fourth-order valence-corrected chi connectivity index (χ4v) is 1.99. The molecule has 0 spiro atoms. The summed E-state index contributed by atoms with van der Waals surface area (Å²) in [6.45, 7) is 14.4. The highest BCUT2D eigenvalue weighted by Crippen LogP contribution is 2.13. The third-order valence-electron chi connectivity index (χ3n) is 3.38. The number of hydrogen-bond acceptors (Lipinski definition) is 3. The Morgan fingerprint density at radius 3 is 2.45 bits per heavy atom. The fraction of sp³-hybridized carbons (Fsp3) is 0.733. The molecule has 114 valence electrons. The second-order valence-electron chi connectivity index (χ2n) is 6.08. The molecule has 1 aromatic heterocycles. The van der Waals surface area contributed by atoms with Crippen molar-refractivity contribution < 1.29 is 4.79 Å². The molecule has 0 aliphatic rings. The van der Waals surface area contributed by atoms with E-state index < -0.39 is 0 Å². The summed E-state index contributed by atoms with van der Waals surface area (Å²) < 4.78 is 1.95. The number of amides is 1. The second kappa shape index (κ2) is 6.88. The van der Waals surface area contributed by atoms with Gasteiger partial charge in [0.05, 0.1) is 17.8 Å². The molecule has 0 aliphatic carbocycles. The number of rotatable bonds is 6. The minimum absolute atomic E-state index is 0.0130. The van der Waals surface area contributed by atoms with Gasteiger partial charge in [0.2, 0.25) is 5.91 Å². The van der Waals surface area contributed by atoms with E-state index in [0.29, 0.717) is 6.54 Å². The Hall–Kier alpha value is -1.36. The van der Waals surface area contributed by atoms with Crippen molar-refractivity contribution in [1.82, 2.24) is 20.0 Å². The summed E-state index contributed by atoms with van der Waals surface area (Å²) in [4.78, 5) is 14.0. The Balaban J connectivity index is 2.55. The van der Waals surface area contributed by atoms with Crippen LogP contribution in [0.1, 0.15) is 47.1 Å². The first kappa shape index (κ1) is 16.7. The highest BCUT2D eigenvalue weighted by Gasteiger charge is 2.18. The van der Waals surface area contributed by atoms with Gasteiger partial charge < -0.3 is 10.2 Å². The van der Waals surface area contributed by atoms with Gasteiger partial charge in [-0.15, -0.1) is 0 Å². The van der Waals surface area contributed by atoms with Crippen LogP contribution < -0.4 is 5.32 Å². The second-order valence-corrected chi connectivity index (χ2v) is 6.08. The van der Waals surface area contributed by atoms with Crippen LogP contribution in [0.15, 0.2) is 12.4 Å². The van der Waals surface area contributed by atoms with Crippen molar-refractivity contribution in [2.24, 2.45) is 0 Å². The standard InChI is InChI=1S/C15H28N4O/c1-7-18(8-2)14(20)12(3)16-9-13-10-17-19(11-13)15(4,5)6/h10-12,16H,7-9H2,1-6H3. The first-order valence-corrected chi connectivity index (χ1v) is 7.35. The molecule has 1 rings (SSSR count). The lowest BCUT2D eigenvalue weighted by Gasteiger charge is -2.23. The van der Waals surface area contributed by atoms with Gasteiger partial charge in [0.15, 0.2) is 0 Å². The zero-order chi connectivity index (χ0) is 15.3. The molecule has 0 aromatic carbocycles. The summed E-state index contributed by atoms with van der Waals surface area (Å²) in [5.74, 6) is 0.151. The predicted molar refractivity (Wildman–Crippen MR) is 81.5 cm³/mol. The number of aromatic nitrogens is 2. The molecule has 0 saturated carbocycles. The van der Waals surface area contributed by atoms with E-state index in [-0.39, 0.29) is 17.5 Å². The first-order chi connectivity index (χ1) is 9.29. The average Bonchev–Trinajstić information content (AvgIpc) is 2.86. The number of hydrogen-bond donors (Lipinski definition) is 1. The van der Waals surface area contributed by atoms with Crippen LogP contribution in [0.4, 0.5) is 0 Å². The lowest BCUT2D eigenvalue weighted by molar-refractivity contribution is -0.132. The molecule has 1 amide bonds. The van der Waals surface area contributed by atoms with E-state index in [9.17, 15) is 4.79 Å². The minimum atomic E-state index is -0.173. The van der Waals surface area contributed by atoms with E-state index >= 15 is 0 Å². The molecule has 20 heavy (non-hydrogen) atoms. The number of nitrogens with one attached hydrogen (secondary N) is 1. The molecule has 1 unspecified atom stereocenters. The first-order valence-electron chi connectivity index (χ1n) is 7.35. The summed E-state index contributed by atoms with van der Waals surface area (Å²) in [7, 11) is 0. The summed E-state index contributed by atoms with van der Waals surface area (Å²) in [6.07, 6.45) is 3.88. The van der Waals surface area contributed by atoms with Crippen molar-refractivity contribution in [3.63, 3.8) is 0 Å². The summed E-state index contributed by atoms with van der Waals surface area (Å²) in [5.41, 5.74) is 1.08. The monoisotopic (exact) mass is 280 g/mol. The van der Waals surface area contributed by atoms with E-state index in [1.165, 1.54) is 0 Å². The lowest BCUT2D eigenvalue weighted by Crippen LogP contribution is -2.44. The summed E-state index contributed by atoms with van der Waals surface area (Å²) in [6, 6.07) is -0.173. The van der Waals surface area contributed by atoms with Gasteiger partial charge in [-0.25, -0.2) is 0 Å². The van der Waals surface area contributed by atoms with E-state index in [0.717, 1.165) is 18.7 Å². The van der Waals surface area contributed by atoms with Crippen molar-refractivity contribution >= 4 is 5.91 Å². The smallest absolute Gasteiger partial charge is 0.239 e. The highest BCUT2D eigenvalue weighted by molar-refractivity contribution is 5.81. The van der Waals surface area contributed by atoms with Gasteiger partial charge in [-0.1, -0.05) is 0 Å². The van der Waals surface area contributed by atoms with Crippen molar-refractivity contribution in [2.45, 2.75) is 59.7 Å². The highest BCUT2D eigenvalue weighted by atomic mass is 16.2. The largest absolute Gasteiger partial charge is 0.342 e. The number of nitrogens with zero attached hydrogens (tertiary/aromatic N) is 3. The molecule has 1 N–H and O–H groups in total. The molecule has 0 saturated heterocycles. The SMILES string of the molecule is CCN(CC)C(=O)C(C)NCc1cnn(C(C)(C)C)c1. The maximum absolute atomic E-state index is 12.1. The Labute approximate surface area is 122 Å². The zero-order valence-electron chi connectivity index (χ0n) is 13.6. The van der Waals surface area contributed by atoms with Gasteiger partial charge in [0.1, 0.15) is 0 Å². The van der Waals surface area contributed by atoms with Crippen LogP contribution in [0.3, 0.4) is 0 Å². The van der Waals surface area contributed by atoms with Crippen molar-refractivity contribution in [3.05, 3.63) is 18.0 Å². The van der Waals surface area contributed by atoms with Crippen LogP contribution in [0.25, 0.3) is 0 Å². The van der Waals surface area contributed by atoms with Gasteiger partial charge in [0, 0.05) is 31.4 Å². The quantitative estimate of drug-likeness (QED) is 0.867. The van der Waals surface area contributed by atoms with E-state index in [4.69, 9.17) is 0 Å². The normalized spacial score (nSPS) is 13.3. The number of carbonyl (C=O) groups excluding carboxylic acids is 1. The van der Waals surface area contributed by atoms with Crippen molar-refractivity contribution in [3.8, 4) is 0 Å². The summed E-state index contributed by atoms with van der Waals surface area (Å²) in [5, 5.41) is 7.63. The number of likely N-dealkylation sites (N-methyl/N-ethyl adjacent to an activating group) is 1. The Morgan fingerprint density at radius 2 is 2.00 bits per heavy atom. The minimum Gasteiger partial charge on any atom is -0.342 e. The van der Waals surface area contributed by atoms with Crippen LogP contribution in [-0.4, -0.2) is 39.7 Å². The molecule has 0 bridgehead atoms. The van der Waals surface area contributed by atoms with E-state index in [2.05, 4.69) is 31.2 Å². The Morgan fingerprint density at radius 1 is 1.40 bits per heavy atom. The molecule has 1 heterocycles. The summed E-state index contributed by atoms with van der Waals surface area (Å²) >= 11 is 0. The average molecular weight is 280 g/mol. The van der Waals surface area contributed by atoms with Crippen molar-refractivity contribution in [2.75, 3.05) is 13.1 Å². The van der Waals surface area contributed by atoms with Crippen LogP contribution in [0.5, 0.6) is 0 Å². The molecule has 5 heteroatoms. The Kier molecular flexibility index (Phi) is 5.74. The maximum atomic E-state index is 12.1. The molecule has 0 aliphatic heterocycles. The van der Waals surface area contributed by atoms with E-state index in [1.54, 1.807) is 0 Å². The van der Waals surface area contributed by atoms with Crippen molar-refractivity contribution in [1.29, 1.82) is 0 Å². The van der Waals surface area contributed by atoms with Crippen LogP contribution >= 0.6 is 0 Å². The molecule has 1 atom stereocenters. The molecule has 1 aromatic rings. The van der Waals surface area contributed by atoms with Gasteiger partial charge in [-0.2, -0.15) is 5.10 Å². The maximum Gasteiger partial charge on any atom is 0.239 e.